The van der Waals surface area contributed by atoms with Crippen molar-refractivity contribution in [3.63, 3.8) is 0 Å². The number of aromatic nitrogens is 2. The third-order valence-electron chi connectivity index (χ3n) is 6.03. The van der Waals surface area contributed by atoms with Crippen LogP contribution < -0.4 is 4.90 Å². The Morgan fingerprint density at radius 1 is 1.38 bits per heavy atom. The van der Waals surface area contributed by atoms with Gasteiger partial charge in [-0.05, 0) is 48.3 Å². The fraction of sp³-hybridized carbons (Fsp3) is 0.526. The highest BCUT2D eigenvalue weighted by Gasteiger charge is 2.48. The van der Waals surface area contributed by atoms with Gasteiger partial charge in [-0.1, -0.05) is 0 Å². The minimum absolute atomic E-state index is 0.0565. The van der Waals surface area contributed by atoms with Crippen LogP contribution in [0.1, 0.15) is 28.1 Å². The first-order valence-corrected chi connectivity index (χ1v) is 9.96. The van der Waals surface area contributed by atoms with Gasteiger partial charge in [0.25, 0.3) is 5.91 Å². The molecule has 2 aliphatic rings. The predicted octanol–water partition coefficient (Wildman–Crippen LogP) is 2.20. The average molecular weight is 372 g/mol. The van der Waals surface area contributed by atoms with Crippen molar-refractivity contribution in [1.82, 2.24) is 14.9 Å². The topological polar surface area (TPSA) is 69.6 Å². The summed E-state index contributed by atoms with van der Waals surface area (Å²) in [6.45, 7) is 5.38. The van der Waals surface area contributed by atoms with E-state index in [2.05, 4.69) is 14.9 Å². The van der Waals surface area contributed by atoms with Crippen LogP contribution in [0.3, 0.4) is 0 Å². The lowest BCUT2D eigenvalue weighted by molar-refractivity contribution is 0.0419. The lowest BCUT2D eigenvalue weighted by atomic mass is 9.71. The third kappa shape index (κ3) is 2.99. The van der Waals surface area contributed by atoms with Crippen LogP contribution in [-0.2, 0) is 0 Å². The molecule has 2 aliphatic heterocycles. The Hall–Kier alpha value is -1.99. The Bertz CT molecular complexity index is 771. The molecule has 6 nitrogen and oxygen atoms in total. The standard InChI is InChI=1S/C19H24N4O2S/c1-14-3-9-26-17(14)18(25)22-7-4-19(5-8-22)12-23(10-15(19)11-24)16-2-6-20-13-21-16/h2-3,6,9,13,15,24H,4-5,7-8,10-12H2,1H3. The number of aliphatic hydroxyl groups is 1. The molecule has 1 atom stereocenters. The number of carbonyl (C=O) groups is 1. The maximum absolute atomic E-state index is 12.8. The van der Waals surface area contributed by atoms with Crippen molar-refractivity contribution in [2.75, 3.05) is 37.7 Å². The van der Waals surface area contributed by atoms with E-state index < -0.39 is 0 Å². The third-order valence-corrected chi connectivity index (χ3v) is 7.03. The SMILES string of the molecule is Cc1ccsc1C(=O)N1CCC2(CC1)CN(c1ccncn1)CC2CO. The summed E-state index contributed by atoms with van der Waals surface area (Å²) in [6.07, 6.45) is 5.18. The van der Waals surface area contributed by atoms with Gasteiger partial charge in [0.15, 0.2) is 0 Å². The van der Waals surface area contributed by atoms with E-state index in [0.717, 1.165) is 55.3 Å². The van der Waals surface area contributed by atoms with Crippen molar-refractivity contribution < 1.29 is 9.90 Å². The van der Waals surface area contributed by atoms with Crippen LogP contribution in [0, 0.1) is 18.3 Å². The zero-order chi connectivity index (χ0) is 18.1. The first-order chi connectivity index (χ1) is 12.6. The monoisotopic (exact) mass is 372 g/mol. The number of anilines is 1. The molecule has 1 spiro atoms. The molecule has 0 aliphatic carbocycles. The summed E-state index contributed by atoms with van der Waals surface area (Å²) in [6, 6.07) is 3.92. The summed E-state index contributed by atoms with van der Waals surface area (Å²) >= 11 is 1.52. The van der Waals surface area contributed by atoms with Gasteiger partial charge in [0.1, 0.15) is 12.1 Å². The highest BCUT2D eigenvalue weighted by atomic mass is 32.1. The number of aryl methyl sites for hydroxylation is 1. The van der Waals surface area contributed by atoms with Crippen LogP contribution in [0.15, 0.2) is 30.0 Å². The molecular weight excluding hydrogens is 348 g/mol. The molecule has 0 saturated carbocycles. The number of thiophene rings is 1. The maximum Gasteiger partial charge on any atom is 0.264 e. The maximum atomic E-state index is 12.8. The van der Waals surface area contributed by atoms with Gasteiger partial charge in [-0.3, -0.25) is 4.79 Å². The quantitative estimate of drug-likeness (QED) is 0.894. The van der Waals surface area contributed by atoms with Crippen molar-refractivity contribution >= 4 is 23.1 Å². The number of hydrogen-bond donors (Lipinski definition) is 1. The van der Waals surface area contributed by atoms with Crippen molar-refractivity contribution in [2.45, 2.75) is 19.8 Å². The molecule has 1 unspecified atom stereocenters. The Morgan fingerprint density at radius 3 is 2.81 bits per heavy atom. The lowest BCUT2D eigenvalue weighted by Crippen LogP contribution is -2.47. The molecule has 7 heteroatoms. The summed E-state index contributed by atoms with van der Waals surface area (Å²) in [7, 11) is 0. The van der Waals surface area contributed by atoms with Gasteiger partial charge in [0, 0.05) is 44.9 Å². The van der Waals surface area contributed by atoms with E-state index in [4.69, 9.17) is 0 Å². The molecule has 2 saturated heterocycles. The Kier molecular flexibility index (Phi) is 4.67. The van der Waals surface area contributed by atoms with Gasteiger partial charge in [0.2, 0.25) is 0 Å². The van der Waals surface area contributed by atoms with Gasteiger partial charge in [-0.15, -0.1) is 11.3 Å². The smallest absolute Gasteiger partial charge is 0.264 e. The Morgan fingerprint density at radius 2 is 2.19 bits per heavy atom. The fourth-order valence-electron chi connectivity index (χ4n) is 4.39. The second-order valence-corrected chi connectivity index (χ2v) is 8.33. The minimum atomic E-state index is 0.0565. The van der Waals surface area contributed by atoms with E-state index in [9.17, 15) is 9.90 Å². The molecule has 26 heavy (non-hydrogen) atoms. The fourth-order valence-corrected chi connectivity index (χ4v) is 5.28. The predicted molar refractivity (Wildman–Crippen MR) is 101 cm³/mol. The van der Waals surface area contributed by atoms with E-state index in [1.54, 1.807) is 12.5 Å². The second-order valence-electron chi connectivity index (χ2n) is 7.41. The van der Waals surface area contributed by atoms with E-state index in [-0.39, 0.29) is 23.8 Å². The number of carbonyl (C=O) groups excluding carboxylic acids is 1. The zero-order valence-corrected chi connectivity index (χ0v) is 15.8. The van der Waals surface area contributed by atoms with E-state index in [1.165, 1.54) is 11.3 Å². The molecule has 1 N–H and O–H groups in total. The average Bonchev–Trinajstić information content (AvgIpc) is 3.26. The van der Waals surface area contributed by atoms with Gasteiger partial charge in [-0.2, -0.15) is 0 Å². The number of aliphatic hydroxyl groups excluding tert-OH is 1. The first-order valence-electron chi connectivity index (χ1n) is 9.08. The molecular formula is C19H24N4O2S. The molecule has 0 aromatic carbocycles. The summed E-state index contributed by atoms with van der Waals surface area (Å²) < 4.78 is 0. The largest absolute Gasteiger partial charge is 0.396 e. The zero-order valence-electron chi connectivity index (χ0n) is 15.0. The second kappa shape index (κ2) is 6.96. The van der Waals surface area contributed by atoms with Crippen LogP contribution in [0.4, 0.5) is 5.82 Å². The molecule has 0 bridgehead atoms. The van der Waals surface area contributed by atoms with Crippen molar-refractivity contribution in [1.29, 1.82) is 0 Å². The van der Waals surface area contributed by atoms with Gasteiger partial charge < -0.3 is 14.9 Å². The number of hydrogen-bond acceptors (Lipinski definition) is 6. The Labute approximate surface area is 157 Å². The molecule has 4 heterocycles. The van der Waals surface area contributed by atoms with E-state index >= 15 is 0 Å². The number of rotatable bonds is 3. The van der Waals surface area contributed by atoms with Gasteiger partial charge >= 0.3 is 0 Å². The Balaban J connectivity index is 1.47. The van der Waals surface area contributed by atoms with Crippen LogP contribution in [-0.4, -0.2) is 58.7 Å². The van der Waals surface area contributed by atoms with Crippen LogP contribution in [0.2, 0.25) is 0 Å². The highest BCUT2D eigenvalue weighted by Crippen LogP contribution is 2.45. The van der Waals surface area contributed by atoms with Crippen molar-refractivity contribution in [3.05, 3.63) is 40.5 Å². The molecule has 2 aromatic heterocycles. The number of amides is 1. The lowest BCUT2D eigenvalue weighted by Gasteiger charge is -2.42. The molecule has 2 fully saturated rings. The van der Waals surface area contributed by atoms with E-state index in [0.29, 0.717) is 0 Å². The van der Waals surface area contributed by atoms with Crippen LogP contribution >= 0.6 is 11.3 Å². The summed E-state index contributed by atoms with van der Waals surface area (Å²) in [5, 5.41) is 12.0. The summed E-state index contributed by atoms with van der Waals surface area (Å²) in [5.41, 5.74) is 1.12. The van der Waals surface area contributed by atoms with E-state index in [1.807, 2.05) is 29.3 Å². The number of piperidine rings is 1. The molecule has 0 radical (unpaired) electrons. The molecule has 2 aromatic rings. The molecule has 4 rings (SSSR count). The van der Waals surface area contributed by atoms with Crippen molar-refractivity contribution in [2.24, 2.45) is 11.3 Å². The number of likely N-dealkylation sites (tertiary alicyclic amines) is 1. The first kappa shape index (κ1) is 17.4. The summed E-state index contributed by atoms with van der Waals surface area (Å²) in [4.78, 5) is 26.2. The minimum Gasteiger partial charge on any atom is -0.396 e. The molecule has 1 amide bonds. The van der Waals surface area contributed by atoms with Gasteiger partial charge in [-0.25, -0.2) is 9.97 Å². The van der Waals surface area contributed by atoms with Crippen LogP contribution in [0.5, 0.6) is 0 Å². The highest BCUT2D eigenvalue weighted by molar-refractivity contribution is 7.12. The van der Waals surface area contributed by atoms with Gasteiger partial charge in [0.05, 0.1) is 4.88 Å². The molecule has 138 valence electrons. The van der Waals surface area contributed by atoms with Crippen molar-refractivity contribution in [3.8, 4) is 0 Å². The van der Waals surface area contributed by atoms with Crippen LogP contribution in [0.25, 0.3) is 0 Å². The normalized spacial score (nSPS) is 22.2. The number of nitrogens with zero attached hydrogens (tertiary/aromatic N) is 4. The summed E-state index contributed by atoms with van der Waals surface area (Å²) in [5.74, 6) is 1.29.